The summed E-state index contributed by atoms with van der Waals surface area (Å²) in [7, 11) is 0. The fourth-order valence-electron chi connectivity index (χ4n) is 2.64. The summed E-state index contributed by atoms with van der Waals surface area (Å²) in [6, 6.07) is 1.46. The van der Waals surface area contributed by atoms with E-state index in [2.05, 4.69) is 20.5 Å². The summed E-state index contributed by atoms with van der Waals surface area (Å²) in [5.41, 5.74) is -0.0548. The highest BCUT2D eigenvalue weighted by Crippen LogP contribution is 2.32. The van der Waals surface area contributed by atoms with Gasteiger partial charge in [0.15, 0.2) is 0 Å². The Morgan fingerprint density at radius 3 is 2.84 bits per heavy atom. The molecule has 0 saturated carbocycles. The van der Waals surface area contributed by atoms with Gasteiger partial charge in [-0.25, -0.2) is 4.98 Å². The molecular weight excluding hydrogens is 257 g/mol. The van der Waals surface area contributed by atoms with Gasteiger partial charge in [0.1, 0.15) is 5.82 Å². The molecule has 0 bridgehead atoms. The van der Waals surface area contributed by atoms with Crippen LogP contribution in [-0.2, 0) is 12.7 Å². The second-order valence-electron chi connectivity index (χ2n) is 4.89. The molecule has 2 aliphatic rings. The molecule has 1 fully saturated rings. The van der Waals surface area contributed by atoms with Gasteiger partial charge in [0, 0.05) is 44.5 Å². The molecule has 2 aliphatic heterocycles. The van der Waals surface area contributed by atoms with Crippen molar-refractivity contribution in [3.63, 3.8) is 0 Å². The Kier molecular flexibility index (Phi) is 3.10. The van der Waals surface area contributed by atoms with E-state index < -0.39 is 11.7 Å². The summed E-state index contributed by atoms with van der Waals surface area (Å²) in [4.78, 5) is 6.17. The van der Waals surface area contributed by atoms with E-state index in [1.54, 1.807) is 0 Å². The Balaban J connectivity index is 1.99. The summed E-state index contributed by atoms with van der Waals surface area (Å²) in [6.07, 6.45) is -3.40. The van der Waals surface area contributed by atoms with Crippen molar-refractivity contribution in [1.82, 2.24) is 15.6 Å². The number of pyridine rings is 1. The van der Waals surface area contributed by atoms with Gasteiger partial charge < -0.3 is 15.5 Å². The Morgan fingerprint density at radius 1 is 1.26 bits per heavy atom. The van der Waals surface area contributed by atoms with E-state index in [0.29, 0.717) is 17.9 Å². The van der Waals surface area contributed by atoms with E-state index >= 15 is 0 Å². The van der Waals surface area contributed by atoms with Gasteiger partial charge in [-0.3, -0.25) is 0 Å². The van der Waals surface area contributed by atoms with E-state index in [4.69, 9.17) is 0 Å². The third-order valence-electron chi connectivity index (χ3n) is 3.59. The lowest BCUT2D eigenvalue weighted by molar-refractivity contribution is -0.137. The molecule has 0 radical (unpaired) electrons. The molecule has 104 valence electrons. The highest BCUT2D eigenvalue weighted by atomic mass is 19.4. The minimum Gasteiger partial charge on any atom is -0.350 e. The van der Waals surface area contributed by atoms with E-state index in [1.807, 2.05) is 0 Å². The number of rotatable bonds is 0. The normalized spacial score (nSPS) is 23.5. The largest absolute Gasteiger partial charge is 0.417 e. The lowest BCUT2D eigenvalue weighted by atomic mass is 10.1. The van der Waals surface area contributed by atoms with Gasteiger partial charge in [0.25, 0.3) is 0 Å². The Labute approximate surface area is 109 Å². The molecule has 0 aliphatic carbocycles. The van der Waals surface area contributed by atoms with Crippen LogP contribution in [0.2, 0.25) is 0 Å². The molecule has 0 amide bonds. The molecule has 1 atom stereocenters. The fraction of sp³-hybridized carbons (Fsp3) is 0.583. The van der Waals surface area contributed by atoms with Crippen molar-refractivity contribution in [2.24, 2.45) is 0 Å². The number of piperazine rings is 1. The van der Waals surface area contributed by atoms with Crippen molar-refractivity contribution in [2.45, 2.75) is 18.8 Å². The second-order valence-corrected chi connectivity index (χ2v) is 4.89. The van der Waals surface area contributed by atoms with Crippen LogP contribution in [0.25, 0.3) is 0 Å². The first-order valence-electron chi connectivity index (χ1n) is 6.30. The van der Waals surface area contributed by atoms with Crippen LogP contribution in [0.5, 0.6) is 0 Å². The first-order chi connectivity index (χ1) is 9.05. The first kappa shape index (κ1) is 12.7. The molecule has 3 heterocycles. The molecule has 19 heavy (non-hydrogen) atoms. The lowest BCUT2D eigenvalue weighted by Gasteiger charge is -2.36. The van der Waals surface area contributed by atoms with Crippen molar-refractivity contribution in [2.75, 3.05) is 31.1 Å². The zero-order chi connectivity index (χ0) is 13.5. The number of nitrogens with one attached hydrogen (secondary N) is 2. The monoisotopic (exact) mass is 272 g/mol. The minimum absolute atomic E-state index is 0.249. The summed E-state index contributed by atoms with van der Waals surface area (Å²) >= 11 is 0. The topological polar surface area (TPSA) is 40.2 Å². The van der Waals surface area contributed by atoms with Crippen molar-refractivity contribution in [1.29, 1.82) is 0 Å². The Morgan fingerprint density at radius 2 is 2.05 bits per heavy atom. The smallest absolute Gasteiger partial charge is 0.350 e. The van der Waals surface area contributed by atoms with Crippen LogP contribution >= 0.6 is 0 Å². The van der Waals surface area contributed by atoms with Gasteiger partial charge in [-0.1, -0.05) is 0 Å². The predicted octanol–water partition coefficient (Wildman–Crippen LogP) is 0.982. The number of hydrogen-bond acceptors (Lipinski definition) is 4. The van der Waals surface area contributed by atoms with E-state index in [9.17, 15) is 13.2 Å². The predicted molar refractivity (Wildman–Crippen MR) is 64.9 cm³/mol. The molecule has 0 aromatic carbocycles. The third kappa shape index (κ3) is 2.40. The summed E-state index contributed by atoms with van der Waals surface area (Å²) in [5.74, 6) is 0.685. The molecule has 7 heteroatoms. The van der Waals surface area contributed by atoms with Gasteiger partial charge in [0.05, 0.1) is 11.6 Å². The molecule has 2 N–H and O–H groups in total. The average molecular weight is 272 g/mol. The van der Waals surface area contributed by atoms with Crippen molar-refractivity contribution < 1.29 is 13.2 Å². The number of fused-ring (bicyclic) bond motifs is 3. The maximum absolute atomic E-state index is 12.7. The maximum Gasteiger partial charge on any atom is 0.417 e. The quantitative estimate of drug-likeness (QED) is 0.738. The van der Waals surface area contributed by atoms with Crippen LogP contribution in [0.3, 0.4) is 0 Å². The Hall–Kier alpha value is -1.34. The molecule has 4 nitrogen and oxygen atoms in total. The molecular formula is C12H15F3N4. The maximum atomic E-state index is 12.7. The average Bonchev–Trinajstić information content (AvgIpc) is 2.56. The molecule has 0 spiro atoms. The molecule has 3 rings (SSSR count). The van der Waals surface area contributed by atoms with Gasteiger partial charge in [-0.15, -0.1) is 0 Å². The van der Waals surface area contributed by atoms with Crippen LogP contribution in [-0.4, -0.2) is 37.2 Å². The lowest BCUT2D eigenvalue weighted by Crippen LogP contribution is -2.54. The zero-order valence-electron chi connectivity index (χ0n) is 10.3. The van der Waals surface area contributed by atoms with Crippen LogP contribution in [0.15, 0.2) is 12.3 Å². The fourth-order valence-corrected chi connectivity index (χ4v) is 2.64. The number of anilines is 1. The zero-order valence-corrected chi connectivity index (χ0v) is 10.3. The van der Waals surface area contributed by atoms with Gasteiger partial charge >= 0.3 is 6.18 Å². The van der Waals surface area contributed by atoms with Crippen LogP contribution < -0.4 is 15.5 Å². The number of aromatic nitrogens is 1. The SMILES string of the molecule is FC(F)(F)c1cnc2c(c1)CNCC1CNCCN21. The first-order valence-corrected chi connectivity index (χ1v) is 6.30. The number of hydrogen-bond donors (Lipinski definition) is 2. The summed E-state index contributed by atoms with van der Waals surface area (Å²) < 4.78 is 38.1. The van der Waals surface area contributed by atoms with Crippen LogP contribution in [0.4, 0.5) is 19.0 Å². The molecule has 1 saturated heterocycles. The second kappa shape index (κ2) is 4.64. The van der Waals surface area contributed by atoms with Crippen molar-refractivity contribution in [3.05, 3.63) is 23.4 Å². The molecule has 1 aromatic rings. The van der Waals surface area contributed by atoms with Crippen LogP contribution in [0, 0.1) is 0 Å². The van der Waals surface area contributed by atoms with Crippen molar-refractivity contribution in [3.8, 4) is 0 Å². The molecule has 1 unspecified atom stereocenters. The number of halogens is 3. The standard InChI is InChI=1S/C12H15F3N4/c13-12(14,15)9-3-8-4-17-7-10-6-16-1-2-19(10)11(8)18-5-9/h3,5,10,16-17H,1-2,4,6-7H2. The van der Waals surface area contributed by atoms with E-state index in [1.165, 1.54) is 6.07 Å². The van der Waals surface area contributed by atoms with Gasteiger partial charge in [-0.2, -0.15) is 13.2 Å². The van der Waals surface area contributed by atoms with E-state index in [0.717, 1.165) is 32.4 Å². The molecule has 1 aromatic heterocycles. The van der Waals surface area contributed by atoms with E-state index in [-0.39, 0.29) is 6.04 Å². The van der Waals surface area contributed by atoms with Crippen LogP contribution in [0.1, 0.15) is 11.1 Å². The number of nitrogens with zero attached hydrogens (tertiary/aromatic N) is 2. The van der Waals surface area contributed by atoms with Crippen molar-refractivity contribution >= 4 is 5.82 Å². The number of alkyl halides is 3. The summed E-state index contributed by atoms with van der Waals surface area (Å²) in [6.45, 7) is 3.62. The Bertz CT molecular complexity index is 475. The highest BCUT2D eigenvalue weighted by molar-refractivity contribution is 5.51. The van der Waals surface area contributed by atoms with Gasteiger partial charge in [-0.05, 0) is 6.07 Å². The third-order valence-corrected chi connectivity index (χ3v) is 3.59. The highest BCUT2D eigenvalue weighted by Gasteiger charge is 2.34. The minimum atomic E-state index is -4.34. The van der Waals surface area contributed by atoms with Gasteiger partial charge in [0.2, 0.25) is 0 Å². The summed E-state index contributed by atoms with van der Waals surface area (Å²) in [5, 5.41) is 6.48.